The van der Waals surface area contributed by atoms with Crippen LogP contribution in [-0.4, -0.2) is 6.54 Å². The molecule has 0 aliphatic heterocycles. The van der Waals surface area contributed by atoms with Crippen LogP contribution in [-0.2, 0) is 0 Å². The van der Waals surface area contributed by atoms with Crippen LogP contribution in [0.4, 0.5) is 4.39 Å². The number of rotatable bonds is 10. The van der Waals surface area contributed by atoms with E-state index in [0.29, 0.717) is 5.56 Å². The molecule has 20 heavy (non-hydrogen) atoms. The van der Waals surface area contributed by atoms with Gasteiger partial charge in [0.05, 0.1) is 5.02 Å². The first-order chi connectivity index (χ1) is 9.70. The fraction of sp³-hybridized carbons (Fsp3) is 0.529. The van der Waals surface area contributed by atoms with Crippen molar-refractivity contribution in [1.82, 2.24) is 5.32 Å². The topological polar surface area (TPSA) is 12.0 Å². The third kappa shape index (κ3) is 5.64. The van der Waals surface area contributed by atoms with Gasteiger partial charge in [0.2, 0.25) is 0 Å². The van der Waals surface area contributed by atoms with Crippen molar-refractivity contribution in [3.8, 4) is 0 Å². The van der Waals surface area contributed by atoms with Gasteiger partial charge in [-0.15, -0.1) is 6.58 Å². The van der Waals surface area contributed by atoms with Gasteiger partial charge < -0.3 is 5.32 Å². The minimum Gasteiger partial charge on any atom is -0.310 e. The Labute approximate surface area is 127 Å². The summed E-state index contributed by atoms with van der Waals surface area (Å²) in [5.74, 6) is -0.283. The summed E-state index contributed by atoms with van der Waals surface area (Å²) in [6.07, 6.45) is 8.37. The third-order valence-electron chi connectivity index (χ3n) is 3.40. The van der Waals surface area contributed by atoms with Crippen LogP contribution in [0.15, 0.2) is 30.9 Å². The van der Waals surface area contributed by atoms with Gasteiger partial charge in [0.15, 0.2) is 0 Å². The second kappa shape index (κ2) is 9.95. The number of unbranched alkanes of at least 4 members (excludes halogenated alkanes) is 3. The zero-order valence-electron chi connectivity index (χ0n) is 12.3. The molecule has 0 radical (unpaired) electrons. The summed E-state index contributed by atoms with van der Waals surface area (Å²) in [6, 6.07) is 5.30. The summed E-state index contributed by atoms with van der Waals surface area (Å²) in [5, 5.41) is 3.63. The van der Waals surface area contributed by atoms with E-state index in [0.717, 1.165) is 45.1 Å². The standard InChI is InChI=1S/C17H25ClFN/c1-3-5-6-7-8-12-16(20-13-4-2)14-10-9-11-15(18)17(14)19/h3,9-11,16,20H,1,4-8,12-13H2,2H3. The van der Waals surface area contributed by atoms with Crippen LogP contribution in [0.1, 0.15) is 57.1 Å². The van der Waals surface area contributed by atoms with Crippen molar-refractivity contribution >= 4 is 11.6 Å². The first-order valence-electron chi connectivity index (χ1n) is 7.48. The van der Waals surface area contributed by atoms with Gasteiger partial charge in [-0.05, 0) is 38.3 Å². The molecule has 1 rings (SSSR count). The average Bonchev–Trinajstić information content (AvgIpc) is 2.45. The van der Waals surface area contributed by atoms with Gasteiger partial charge >= 0.3 is 0 Å². The third-order valence-corrected chi connectivity index (χ3v) is 3.69. The lowest BCUT2D eigenvalue weighted by Crippen LogP contribution is -2.23. The molecule has 3 heteroatoms. The molecule has 0 heterocycles. The summed E-state index contributed by atoms with van der Waals surface area (Å²) in [7, 11) is 0. The molecule has 0 bridgehead atoms. The highest BCUT2D eigenvalue weighted by atomic mass is 35.5. The van der Waals surface area contributed by atoms with Crippen LogP contribution in [0.25, 0.3) is 0 Å². The highest BCUT2D eigenvalue weighted by Crippen LogP contribution is 2.27. The molecule has 0 aromatic heterocycles. The molecule has 112 valence electrons. The van der Waals surface area contributed by atoms with Crippen LogP contribution in [0.5, 0.6) is 0 Å². The largest absolute Gasteiger partial charge is 0.310 e. The molecule has 1 N–H and O–H groups in total. The van der Waals surface area contributed by atoms with Gasteiger partial charge in [0, 0.05) is 11.6 Å². The predicted molar refractivity (Wildman–Crippen MR) is 85.7 cm³/mol. The van der Waals surface area contributed by atoms with Crippen molar-refractivity contribution < 1.29 is 4.39 Å². The lowest BCUT2D eigenvalue weighted by Gasteiger charge is -2.20. The van der Waals surface area contributed by atoms with Gasteiger partial charge in [0.1, 0.15) is 5.82 Å². The molecule has 0 aliphatic carbocycles. The Morgan fingerprint density at radius 3 is 2.85 bits per heavy atom. The van der Waals surface area contributed by atoms with E-state index in [1.807, 2.05) is 18.2 Å². The summed E-state index contributed by atoms with van der Waals surface area (Å²) >= 11 is 5.88. The van der Waals surface area contributed by atoms with Gasteiger partial charge in [-0.1, -0.05) is 49.6 Å². The maximum Gasteiger partial charge on any atom is 0.146 e. The predicted octanol–water partition coefficient (Wildman–Crippen LogP) is 5.66. The van der Waals surface area contributed by atoms with E-state index in [2.05, 4.69) is 18.8 Å². The maximum absolute atomic E-state index is 14.1. The Morgan fingerprint density at radius 2 is 2.15 bits per heavy atom. The highest BCUT2D eigenvalue weighted by Gasteiger charge is 2.16. The lowest BCUT2D eigenvalue weighted by atomic mass is 9.99. The van der Waals surface area contributed by atoms with Crippen LogP contribution in [0.3, 0.4) is 0 Å². The molecule has 1 aromatic rings. The molecule has 0 fully saturated rings. The molecule has 0 saturated heterocycles. The zero-order valence-corrected chi connectivity index (χ0v) is 13.1. The second-order valence-electron chi connectivity index (χ2n) is 5.08. The van der Waals surface area contributed by atoms with E-state index in [4.69, 9.17) is 11.6 Å². The van der Waals surface area contributed by atoms with Crippen molar-refractivity contribution in [2.75, 3.05) is 6.54 Å². The summed E-state index contributed by atoms with van der Waals surface area (Å²) in [5.41, 5.74) is 0.690. The fourth-order valence-electron chi connectivity index (χ4n) is 2.29. The van der Waals surface area contributed by atoms with Crippen LogP contribution >= 0.6 is 11.6 Å². The van der Waals surface area contributed by atoms with Crippen molar-refractivity contribution in [2.45, 2.75) is 51.5 Å². The van der Waals surface area contributed by atoms with Crippen molar-refractivity contribution in [3.05, 3.63) is 47.3 Å². The number of allylic oxidation sites excluding steroid dienone is 1. The quantitative estimate of drug-likeness (QED) is 0.434. The molecule has 1 unspecified atom stereocenters. The minimum atomic E-state index is -0.283. The number of benzene rings is 1. The van der Waals surface area contributed by atoms with Gasteiger partial charge in [0.25, 0.3) is 0 Å². The highest BCUT2D eigenvalue weighted by molar-refractivity contribution is 6.30. The molecular weight excluding hydrogens is 273 g/mol. The molecule has 1 atom stereocenters. The molecule has 0 saturated carbocycles. The van der Waals surface area contributed by atoms with E-state index >= 15 is 0 Å². The minimum absolute atomic E-state index is 0.0531. The van der Waals surface area contributed by atoms with E-state index in [1.165, 1.54) is 0 Å². The summed E-state index contributed by atoms with van der Waals surface area (Å²) < 4.78 is 14.1. The van der Waals surface area contributed by atoms with Gasteiger partial charge in [-0.3, -0.25) is 0 Å². The van der Waals surface area contributed by atoms with E-state index in [-0.39, 0.29) is 16.9 Å². The smallest absolute Gasteiger partial charge is 0.146 e. The monoisotopic (exact) mass is 297 g/mol. The van der Waals surface area contributed by atoms with E-state index in [1.54, 1.807) is 6.07 Å². The SMILES string of the molecule is C=CCCCCCC(NCCC)c1cccc(Cl)c1F. The number of hydrogen-bond donors (Lipinski definition) is 1. The van der Waals surface area contributed by atoms with Crippen LogP contribution in [0.2, 0.25) is 5.02 Å². The Hall–Kier alpha value is -0.860. The summed E-state index contributed by atoms with van der Waals surface area (Å²) in [6.45, 7) is 6.73. The Bertz CT molecular complexity index is 406. The van der Waals surface area contributed by atoms with Crippen molar-refractivity contribution in [2.24, 2.45) is 0 Å². The summed E-state index contributed by atoms with van der Waals surface area (Å²) in [4.78, 5) is 0. The van der Waals surface area contributed by atoms with Crippen molar-refractivity contribution in [1.29, 1.82) is 0 Å². The molecule has 0 spiro atoms. The Kier molecular flexibility index (Phi) is 8.56. The average molecular weight is 298 g/mol. The van der Waals surface area contributed by atoms with E-state index in [9.17, 15) is 4.39 Å². The Balaban J connectivity index is 2.63. The van der Waals surface area contributed by atoms with Crippen LogP contribution < -0.4 is 5.32 Å². The first-order valence-corrected chi connectivity index (χ1v) is 7.86. The number of nitrogens with one attached hydrogen (secondary N) is 1. The molecule has 1 nitrogen and oxygen atoms in total. The molecule has 0 amide bonds. The van der Waals surface area contributed by atoms with Gasteiger partial charge in [-0.2, -0.15) is 0 Å². The molecule has 0 aliphatic rings. The van der Waals surface area contributed by atoms with Crippen molar-refractivity contribution in [3.63, 3.8) is 0 Å². The second-order valence-corrected chi connectivity index (χ2v) is 5.48. The normalized spacial score (nSPS) is 12.3. The number of hydrogen-bond acceptors (Lipinski definition) is 1. The van der Waals surface area contributed by atoms with Gasteiger partial charge in [-0.25, -0.2) is 4.39 Å². The maximum atomic E-state index is 14.1. The zero-order chi connectivity index (χ0) is 14.8. The first kappa shape index (κ1) is 17.2. The van der Waals surface area contributed by atoms with Crippen LogP contribution in [0, 0.1) is 5.82 Å². The Morgan fingerprint density at radius 1 is 1.35 bits per heavy atom. The molecule has 1 aromatic carbocycles. The van der Waals surface area contributed by atoms with E-state index < -0.39 is 0 Å². The number of halogens is 2. The molecular formula is C17H25ClFN. The fourth-order valence-corrected chi connectivity index (χ4v) is 2.47. The lowest BCUT2D eigenvalue weighted by molar-refractivity contribution is 0.453.